The van der Waals surface area contributed by atoms with Crippen LogP contribution in [0.15, 0.2) is 0 Å². The molecule has 1 fully saturated rings. The standard InChI is InChI=1S/C6H9F2NO2/c1-11-4(10)5(9)2-6(7,8)3-5/h2-3,9H2,1H3. The minimum Gasteiger partial charge on any atom is -0.468 e. The van der Waals surface area contributed by atoms with Crippen LogP contribution in [0.5, 0.6) is 0 Å². The highest BCUT2D eigenvalue weighted by molar-refractivity contribution is 5.82. The summed E-state index contributed by atoms with van der Waals surface area (Å²) in [5, 5.41) is 0. The molecule has 2 N–H and O–H groups in total. The van der Waals surface area contributed by atoms with Crippen molar-refractivity contribution in [2.75, 3.05) is 7.11 Å². The molecule has 64 valence electrons. The number of ether oxygens (including phenoxy) is 1. The molecule has 1 saturated carbocycles. The Balaban J connectivity index is 2.56. The second-order valence-electron chi connectivity index (χ2n) is 2.86. The Kier molecular flexibility index (Phi) is 1.63. The van der Waals surface area contributed by atoms with Gasteiger partial charge in [0, 0.05) is 12.8 Å². The zero-order valence-electron chi connectivity index (χ0n) is 6.06. The highest BCUT2D eigenvalue weighted by Gasteiger charge is 2.59. The van der Waals surface area contributed by atoms with E-state index in [9.17, 15) is 13.6 Å². The number of alkyl halides is 2. The smallest absolute Gasteiger partial charge is 0.326 e. The Bertz CT molecular complexity index is 185. The fourth-order valence-electron chi connectivity index (χ4n) is 1.22. The van der Waals surface area contributed by atoms with Crippen LogP contribution in [0.4, 0.5) is 8.78 Å². The first kappa shape index (κ1) is 8.39. The number of hydrogen-bond acceptors (Lipinski definition) is 3. The largest absolute Gasteiger partial charge is 0.468 e. The minimum atomic E-state index is -2.79. The van der Waals surface area contributed by atoms with E-state index in [1.165, 1.54) is 0 Å². The molecule has 0 atom stereocenters. The van der Waals surface area contributed by atoms with Crippen molar-refractivity contribution in [1.82, 2.24) is 0 Å². The van der Waals surface area contributed by atoms with E-state index in [2.05, 4.69) is 4.74 Å². The number of nitrogens with two attached hydrogens (primary N) is 1. The topological polar surface area (TPSA) is 52.3 Å². The van der Waals surface area contributed by atoms with Crippen molar-refractivity contribution in [2.45, 2.75) is 24.3 Å². The molecule has 1 aliphatic rings. The summed E-state index contributed by atoms with van der Waals surface area (Å²) >= 11 is 0. The van der Waals surface area contributed by atoms with E-state index < -0.39 is 30.3 Å². The third-order valence-electron chi connectivity index (χ3n) is 1.74. The molecule has 3 nitrogen and oxygen atoms in total. The number of carbonyl (C=O) groups is 1. The molecule has 0 spiro atoms. The molecule has 0 aromatic carbocycles. The average Bonchev–Trinajstić information content (AvgIpc) is 1.81. The van der Waals surface area contributed by atoms with E-state index in [-0.39, 0.29) is 0 Å². The Morgan fingerprint density at radius 1 is 1.55 bits per heavy atom. The van der Waals surface area contributed by atoms with Crippen molar-refractivity contribution in [3.05, 3.63) is 0 Å². The summed E-state index contributed by atoms with van der Waals surface area (Å²) < 4.78 is 28.7. The second-order valence-corrected chi connectivity index (χ2v) is 2.86. The van der Waals surface area contributed by atoms with Gasteiger partial charge in [-0.05, 0) is 0 Å². The van der Waals surface area contributed by atoms with Gasteiger partial charge in [-0.1, -0.05) is 0 Å². The van der Waals surface area contributed by atoms with Gasteiger partial charge in [0.25, 0.3) is 5.92 Å². The molecule has 0 heterocycles. The summed E-state index contributed by atoms with van der Waals surface area (Å²) in [6.07, 6.45) is -1.21. The van der Waals surface area contributed by atoms with Crippen molar-refractivity contribution in [3.8, 4) is 0 Å². The number of esters is 1. The van der Waals surface area contributed by atoms with Crippen LogP contribution in [0.25, 0.3) is 0 Å². The van der Waals surface area contributed by atoms with Gasteiger partial charge in [-0.15, -0.1) is 0 Å². The van der Waals surface area contributed by atoms with Gasteiger partial charge < -0.3 is 10.5 Å². The molecule has 0 aromatic rings. The van der Waals surface area contributed by atoms with Crippen molar-refractivity contribution in [2.24, 2.45) is 5.73 Å². The second kappa shape index (κ2) is 2.14. The summed E-state index contributed by atoms with van der Waals surface area (Å²) in [5.41, 5.74) is 3.83. The summed E-state index contributed by atoms with van der Waals surface area (Å²) in [7, 11) is 1.13. The molecule has 0 radical (unpaired) electrons. The van der Waals surface area contributed by atoms with Gasteiger partial charge in [-0.2, -0.15) is 0 Å². The van der Waals surface area contributed by atoms with Crippen LogP contribution in [-0.2, 0) is 9.53 Å². The summed E-state index contributed by atoms with van der Waals surface area (Å²) in [6, 6.07) is 0. The molecular weight excluding hydrogens is 156 g/mol. The van der Waals surface area contributed by atoms with Crippen LogP contribution in [0, 0.1) is 0 Å². The summed E-state index contributed by atoms with van der Waals surface area (Å²) in [5.74, 6) is -3.55. The van der Waals surface area contributed by atoms with Crippen LogP contribution in [0.3, 0.4) is 0 Å². The molecule has 0 saturated heterocycles. The zero-order chi connectivity index (χ0) is 8.70. The molecular formula is C6H9F2NO2. The van der Waals surface area contributed by atoms with Gasteiger partial charge in [-0.25, -0.2) is 8.78 Å². The van der Waals surface area contributed by atoms with E-state index in [0.717, 1.165) is 7.11 Å². The van der Waals surface area contributed by atoms with E-state index >= 15 is 0 Å². The Labute approximate surface area is 62.5 Å². The SMILES string of the molecule is COC(=O)C1(N)CC(F)(F)C1. The maximum absolute atomic E-state index is 12.2. The fraction of sp³-hybridized carbons (Fsp3) is 0.833. The molecule has 11 heavy (non-hydrogen) atoms. The Morgan fingerprint density at radius 2 is 2.00 bits per heavy atom. The van der Waals surface area contributed by atoms with Crippen molar-refractivity contribution in [3.63, 3.8) is 0 Å². The van der Waals surface area contributed by atoms with Gasteiger partial charge in [-0.3, -0.25) is 4.79 Å². The third kappa shape index (κ3) is 1.33. The van der Waals surface area contributed by atoms with Gasteiger partial charge in [0.2, 0.25) is 0 Å². The van der Waals surface area contributed by atoms with E-state index in [1.807, 2.05) is 0 Å². The fourth-order valence-corrected chi connectivity index (χ4v) is 1.22. The van der Waals surface area contributed by atoms with Gasteiger partial charge in [0.15, 0.2) is 0 Å². The molecule has 1 rings (SSSR count). The predicted molar refractivity (Wildman–Crippen MR) is 33.1 cm³/mol. The first-order chi connectivity index (χ1) is 4.90. The number of rotatable bonds is 1. The van der Waals surface area contributed by atoms with Gasteiger partial charge in [0.05, 0.1) is 7.11 Å². The molecule has 0 aliphatic heterocycles. The summed E-state index contributed by atoms with van der Waals surface area (Å²) in [4.78, 5) is 10.7. The van der Waals surface area contributed by atoms with Crippen molar-refractivity contribution in [1.29, 1.82) is 0 Å². The monoisotopic (exact) mass is 165 g/mol. The highest BCUT2D eigenvalue weighted by atomic mass is 19.3. The molecule has 0 unspecified atom stereocenters. The summed E-state index contributed by atoms with van der Waals surface area (Å²) in [6.45, 7) is 0. The third-order valence-corrected chi connectivity index (χ3v) is 1.74. The number of carbonyl (C=O) groups excluding carboxylic acids is 1. The predicted octanol–water partition coefficient (Wildman–Crippen LogP) is 0.286. The van der Waals surface area contributed by atoms with Crippen molar-refractivity contribution < 1.29 is 18.3 Å². The Hall–Kier alpha value is -0.710. The lowest BCUT2D eigenvalue weighted by Gasteiger charge is -2.41. The van der Waals surface area contributed by atoms with E-state index in [4.69, 9.17) is 5.73 Å². The van der Waals surface area contributed by atoms with Gasteiger partial charge >= 0.3 is 5.97 Å². The maximum atomic E-state index is 12.2. The Morgan fingerprint density at radius 3 is 2.27 bits per heavy atom. The maximum Gasteiger partial charge on any atom is 0.326 e. The highest BCUT2D eigenvalue weighted by Crippen LogP contribution is 2.44. The lowest BCUT2D eigenvalue weighted by Crippen LogP contribution is -2.63. The van der Waals surface area contributed by atoms with E-state index in [1.54, 1.807) is 0 Å². The quantitative estimate of drug-likeness (QED) is 0.568. The minimum absolute atomic E-state index is 0.604. The number of halogens is 2. The lowest BCUT2D eigenvalue weighted by molar-refractivity contribution is -0.174. The molecule has 0 bridgehead atoms. The van der Waals surface area contributed by atoms with Crippen LogP contribution < -0.4 is 5.73 Å². The van der Waals surface area contributed by atoms with Crippen LogP contribution >= 0.6 is 0 Å². The van der Waals surface area contributed by atoms with Crippen LogP contribution in [0.2, 0.25) is 0 Å². The zero-order valence-corrected chi connectivity index (χ0v) is 6.06. The first-order valence-electron chi connectivity index (χ1n) is 3.15. The normalized spacial score (nSPS) is 25.5. The number of methoxy groups -OCH3 is 1. The molecule has 5 heteroatoms. The molecule has 0 amide bonds. The average molecular weight is 165 g/mol. The molecule has 0 aromatic heterocycles. The van der Waals surface area contributed by atoms with Crippen LogP contribution in [-0.4, -0.2) is 24.5 Å². The number of hydrogen-bond donors (Lipinski definition) is 1. The molecule has 1 aliphatic carbocycles. The first-order valence-corrected chi connectivity index (χ1v) is 3.15. The van der Waals surface area contributed by atoms with Gasteiger partial charge in [0.1, 0.15) is 5.54 Å². The van der Waals surface area contributed by atoms with E-state index in [0.29, 0.717) is 0 Å². The lowest BCUT2D eigenvalue weighted by atomic mass is 9.74. The van der Waals surface area contributed by atoms with Crippen molar-refractivity contribution >= 4 is 5.97 Å². The van der Waals surface area contributed by atoms with Crippen LogP contribution in [0.1, 0.15) is 12.8 Å².